The molecule has 3 nitrogen and oxygen atoms in total. The second kappa shape index (κ2) is 4.80. The highest BCUT2D eigenvalue weighted by Gasteiger charge is 2.24. The van der Waals surface area contributed by atoms with Crippen molar-refractivity contribution in [1.29, 1.82) is 0 Å². The molecule has 1 aliphatic rings. The average Bonchev–Trinajstić information content (AvgIpc) is 2.05. The van der Waals surface area contributed by atoms with Crippen LogP contribution in [-0.2, 0) is 4.84 Å². The average molecular weight is 172 g/mol. The van der Waals surface area contributed by atoms with Gasteiger partial charge in [0.05, 0.1) is 7.11 Å². The summed E-state index contributed by atoms with van der Waals surface area (Å²) >= 11 is 0. The highest BCUT2D eigenvalue weighted by atomic mass is 16.7. The van der Waals surface area contributed by atoms with E-state index in [1.165, 1.54) is 12.8 Å². The van der Waals surface area contributed by atoms with Gasteiger partial charge in [-0.3, -0.25) is 0 Å². The van der Waals surface area contributed by atoms with Gasteiger partial charge in [-0.2, -0.15) is 5.06 Å². The Morgan fingerprint density at radius 1 is 1.58 bits per heavy atom. The molecule has 0 aliphatic carbocycles. The normalized spacial score (nSPS) is 32.2. The first kappa shape index (κ1) is 9.96. The van der Waals surface area contributed by atoms with Crippen LogP contribution in [0.15, 0.2) is 0 Å². The van der Waals surface area contributed by atoms with Gasteiger partial charge in [-0.05, 0) is 26.3 Å². The van der Waals surface area contributed by atoms with Crippen LogP contribution in [-0.4, -0.2) is 37.3 Å². The van der Waals surface area contributed by atoms with E-state index in [9.17, 15) is 0 Å². The summed E-state index contributed by atoms with van der Waals surface area (Å²) < 4.78 is 0. The van der Waals surface area contributed by atoms with Gasteiger partial charge in [0, 0.05) is 18.6 Å². The summed E-state index contributed by atoms with van der Waals surface area (Å²) in [5, 5.41) is 5.54. The van der Waals surface area contributed by atoms with Crippen LogP contribution in [0, 0.1) is 0 Å². The van der Waals surface area contributed by atoms with Crippen molar-refractivity contribution in [1.82, 2.24) is 10.4 Å². The SMILES string of the molecule is CCNC1CCN(OC)C(C)C1. The van der Waals surface area contributed by atoms with Crippen molar-refractivity contribution in [2.24, 2.45) is 0 Å². The van der Waals surface area contributed by atoms with E-state index in [1.807, 2.05) is 0 Å². The van der Waals surface area contributed by atoms with Gasteiger partial charge in [0.1, 0.15) is 0 Å². The second-order valence-corrected chi connectivity index (χ2v) is 3.45. The topological polar surface area (TPSA) is 24.5 Å². The van der Waals surface area contributed by atoms with Crippen LogP contribution in [0.1, 0.15) is 26.7 Å². The molecule has 0 bridgehead atoms. The zero-order valence-electron chi connectivity index (χ0n) is 8.34. The minimum atomic E-state index is 0.549. The maximum atomic E-state index is 5.24. The molecule has 0 amide bonds. The number of hydrogen-bond acceptors (Lipinski definition) is 3. The Morgan fingerprint density at radius 2 is 2.33 bits per heavy atom. The largest absolute Gasteiger partial charge is 0.314 e. The third-order valence-corrected chi connectivity index (χ3v) is 2.54. The molecule has 1 saturated heterocycles. The summed E-state index contributed by atoms with van der Waals surface area (Å²) in [5.41, 5.74) is 0. The summed E-state index contributed by atoms with van der Waals surface area (Å²) in [5.74, 6) is 0. The van der Waals surface area contributed by atoms with Gasteiger partial charge < -0.3 is 10.2 Å². The Labute approximate surface area is 75.0 Å². The standard InChI is InChI=1S/C9H20N2O/c1-4-10-9-5-6-11(12-3)8(2)7-9/h8-10H,4-7H2,1-3H3. The third kappa shape index (κ3) is 2.44. The van der Waals surface area contributed by atoms with Gasteiger partial charge >= 0.3 is 0 Å². The van der Waals surface area contributed by atoms with Gasteiger partial charge in [0.2, 0.25) is 0 Å². The van der Waals surface area contributed by atoms with Crippen LogP contribution >= 0.6 is 0 Å². The molecule has 0 aromatic heterocycles. The molecular weight excluding hydrogens is 152 g/mol. The van der Waals surface area contributed by atoms with Crippen molar-refractivity contribution >= 4 is 0 Å². The lowest BCUT2D eigenvalue weighted by atomic mass is 10.0. The summed E-state index contributed by atoms with van der Waals surface area (Å²) in [6.45, 7) is 6.50. The van der Waals surface area contributed by atoms with E-state index >= 15 is 0 Å². The Balaban J connectivity index is 2.30. The number of rotatable bonds is 3. The molecule has 72 valence electrons. The fraction of sp³-hybridized carbons (Fsp3) is 1.00. The molecule has 3 heteroatoms. The van der Waals surface area contributed by atoms with Crippen molar-refractivity contribution in [3.05, 3.63) is 0 Å². The molecule has 1 fully saturated rings. The summed E-state index contributed by atoms with van der Waals surface area (Å²) in [6.07, 6.45) is 2.40. The number of hydrogen-bond donors (Lipinski definition) is 1. The van der Waals surface area contributed by atoms with E-state index in [0.717, 1.165) is 13.1 Å². The molecule has 2 atom stereocenters. The maximum absolute atomic E-state index is 5.24. The van der Waals surface area contributed by atoms with Crippen LogP contribution in [0.4, 0.5) is 0 Å². The molecule has 1 rings (SSSR count). The molecular formula is C9H20N2O. The zero-order chi connectivity index (χ0) is 8.97. The Hall–Kier alpha value is -0.120. The van der Waals surface area contributed by atoms with Gasteiger partial charge in [0.15, 0.2) is 0 Å². The smallest absolute Gasteiger partial charge is 0.0575 e. The molecule has 0 aromatic rings. The van der Waals surface area contributed by atoms with Crippen molar-refractivity contribution in [3.8, 4) is 0 Å². The monoisotopic (exact) mass is 172 g/mol. The number of nitrogens with one attached hydrogen (secondary N) is 1. The van der Waals surface area contributed by atoms with Crippen molar-refractivity contribution in [3.63, 3.8) is 0 Å². The number of piperidine rings is 1. The third-order valence-electron chi connectivity index (χ3n) is 2.54. The van der Waals surface area contributed by atoms with Gasteiger partial charge in [-0.1, -0.05) is 6.92 Å². The van der Waals surface area contributed by atoms with Crippen LogP contribution in [0.5, 0.6) is 0 Å². The van der Waals surface area contributed by atoms with Gasteiger partial charge in [0.25, 0.3) is 0 Å². The van der Waals surface area contributed by atoms with E-state index in [4.69, 9.17) is 4.84 Å². The summed E-state index contributed by atoms with van der Waals surface area (Å²) in [4.78, 5) is 5.24. The summed E-state index contributed by atoms with van der Waals surface area (Å²) in [7, 11) is 1.75. The van der Waals surface area contributed by atoms with Crippen LogP contribution in [0.2, 0.25) is 0 Å². The molecule has 1 heterocycles. The van der Waals surface area contributed by atoms with Crippen LogP contribution in [0.25, 0.3) is 0 Å². The first-order valence-electron chi connectivity index (χ1n) is 4.82. The highest BCUT2D eigenvalue weighted by molar-refractivity contribution is 4.78. The lowest BCUT2D eigenvalue weighted by molar-refractivity contribution is -0.173. The molecule has 0 saturated carbocycles. The minimum absolute atomic E-state index is 0.549. The predicted octanol–water partition coefficient (Wildman–Crippen LogP) is 1.01. The fourth-order valence-corrected chi connectivity index (χ4v) is 1.90. The van der Waals surface area contributed by atoms with Crippen LogP contribution in [0.3, 0.4) is 0 Å². The van der Waals surface area contributed by atoms with Crippen molar-refractivity contribution in [2.45, 2.75) is 38.8 Å². The highest BCUT2D eigenvalue weighted by Crippen LogP contribution is 2.16. The Morgan fingerprint density at radius 3 is 2.83 bits per heavy atom. The number of hydroxylamine groups is 2. The predicted molar refractivity (Wildman–Crippen MR) is 49.9 cm³/mol. The molecule has 2 unspecified atom stereocenters. The molecule has 0 spiro atoms. The van der Waals surface area contributed by atoms with E-state index in [-0.39, 0.29) is 0 Å². The molecule has 1 aliphatic heterocycles. The Bertz CT molecular complexity index is 130. The molecule has 0 radical (unpaired) electrons. The van der Waals surface area contributed by atoms with Crippen molar-refractivity contribution < 1.29 is 4.84 Å². The first-order valence-corrected chi connectivity index (χ1v) is 4.82. The Kier molecular flexibility index (Phi) is 3.98. The van der Waals surface area contributed by atoms with Crippen molar-refractivity contribution in [2.75, 3.05) is 20.2 Å². The first-order chi connectivity index (χ1) is 5.77. The fourth-order valence-electron chi connectivity index (χ4n) is 1.90. The lowest BCUT2D eigenvalue weighted by Gasteiger charge is -2.35. The second-order valence-electron chi connectivity index (χ2n) is 3.45. The van der Waals surface area contributed by atoms with E-state index < -0.39 is 0 Å². The molecule has 0 aromatic carbocycles. The van der Waals surface area contributed by atoms with Gasteiger partial charge in [-0.25, -0.2) is 0 Å². The maximum Gasteiger partial charge on any atom is 0.0575 e. The van der Waals surface area contributed by atoms with E-state index in [2.05, 4.69) is 24.2 Å². The minimum Gasteiger partial charge on any atom is -0.314 e. The molecule has 12 heavy (non-hydrogen) atoms. The molecule has 1 N–H and O–H groups in total. The zero-order valence-corrected chi connectivity index (χ0v) is 8.34. The van der Waals surface area contributed by atoms with Gasteiger partial charge in [-0.15, -0.1) is 0 Å². The van der Waals surface area contributed by atoms with E-state index in [0.29, 0.717) is 12.1 Å². The quantitative estimate of drug-likeness (QED) is 0.687. The lowest BCUT2D eigenvalue weighted by Crippen LogP contribution is -2.46. The number of nitrogens with zero attached hydrogens (tertiary/aromatic N) is 1. The summed E-state index contributed by atoms with van der Waals surface area (Å²) in [6, 6.07) is 1.24. The van der Waals surface area contributed by atoms with Crippen LogP contribution < -0.4 is 5.32 Å². The van der Waals surface area contributed by atoms with E-state index in [1.54, 1.807) is 7.11 Å².